The van der Waals surface area contributed by atoms with Crippen molar-refractivity contribution < 1.29 is 22.7 Å². The highest BCUT2D eigenvalue weighted by atomic mass is 32.1. The predicted molar refractivity (Wildman–Crippen MR) is 123 cm³/mol. The third-order valence-corrected chi connectivity index (χ3v) is 6.11. The molecule has 34 heavy (non-hydrogen) atoms. The average molecular weight is 482 g/mol. The quantitative estimate of drug-likeness (QED) is 0.345. The van der Waals surface area contributed by atoms with Crippen LogP contribution in [0.3, 0.4) is 0 Å². The number of fused-ring (bicyclic) bond motifs is 3. The van der Waals surface area contributed by atoms with Crippen molar-refractivity contribution in [1.29, 1.82) is 0 Å². The molecule has 0 aliphatic heterocycles. The Balaban J connectivity index is 1.51. The molecule has 0 saturated heterocycles. The van der Waals surface area contributed by atoms with E-state index in [4.69, 9.17) is 0 Å². The van der Waals surface area contributed by atoms with E-state index in [-0.39, 0.29) is 11.7 Å². The molecule has 0 aliphatic carbocycles. The van der Waals surface area contributed by atoms with E-state index in [0.717, 1.165) is 32.0 Å². The Hall–Kier alpha value is -3.92. The number of aromatic nitrogens is 3. The van der Waals surface area contributed by atoms with E-state index in [1.807, 2.05) is 35.8 Å². The minimum absolute atomic E-state index is 0.242. The number of nitrogens with one attached hydrogen (secondary N) is 1. The molecule has 0 radical (unpaired) electrons. The number of aryl methyl sites for hydroxylation is 1. The van der Waals surface area contributed by atoms with Gasteiger partial charge < -0.3 is 10.1 Å². The van der Waals surface area contributed by atoms with Crippen molar-refractivity contribution in [3.05, 3.63) is 83.1 Å². The molecule has 3 heterocycles. The molecule has 2 aromatic carbocycles. The van der Waals surface area contributed by atoms with E-state index < -0.39 is 6.36 Å². The van der Waals surface area contributed by atoms with Gasteiger partial charge in [0, 0.05) is 22.8 Å². The lowest BCUT2D eigenvalue weighted by molar-refractivity contribution is -0.274. The first-order chi connectivity index (χ1) is 16.3. The zero-order chi connectivity index (χ0) is 23.9. The number of benzene rings is 2. The van der Waals surface area contributed by atoms with Gasteiger partial charge in [-0.1, -0.05) is 6.07 Å². The van der Waals surface area contributed by atoms with E-state index in [9.17, 15) is 18.0 Å². The number of alkyl halides is 3. The van der Waals surface area contributed by atoms with E-state index >= 15 is 0 Å². The van der Waals surface area contributed by atoms with E-state index in [0.29, 0.717) is 17.8 Å². The van der Waals surface area contributed by atoms with Crippen molar-refractivity contribution in [1.82, 2.24) is 19.9 Å². The minimum atomic E-state index is -4.75. The van der Waals surface area contributed by atoms with Gasteiger partial charge in [0.25, 0.3) is 5.91 Å². The van der Waals surface area contributed by atoms with Crippen LogP contribution in [0.15, 0.2) is 66.9 Å². The van der Waals surface area contributed by atoms with Gasteiger partial charge in [0.2, 0.25) is 0 Å². The Morgan fingerprint density at radius 3 is 2.62 bits per heavy atom. The zero-order valence-electron chi connectivity index (χ0n) is 17.8. The molecule has 0 fully saturated rings. The number of ether oxygens (including phenoxy) is 1. The van der Waals surface area contributed by atoms with Crippen molar-refractivity contribution in [2.45, 2.75) is 19.8 Å². The minimum Gasteiger partial charge on any atom is -0.406 e. The van der Waals surface area contributed by atoms with Crippen LogP contribution in [0.2, 0.25) is 0 Å². The van der Waals surface area contributed by atoms with Gasteiger partial charge in [-0.2, -0.15) is 0 Å². The zero-order valence-corrected chi connectivity index (χ0v) is 18.6. The first-order valence-electron chi connectivity index (χ1n) is 10.2. The van der Waals surface area contributed by atoms with E-state index in [1.54, 1.807) is 30.5 Å². The molecule has 0 unspecified atom stereocenters. The van der Waals surface area contributed by atoms with Crippen LogP contribution in [0.5, 0.6) is 5.75 Å². The van der Waals surface area contributed by atoms with Gasteiger partial charge >= 0.3 is 6.36 Å². The summed E-state index contributed by atoms with van der Waals surface area (Å²) in [5, 5.41) is 4.48. The van der Waals surface area contributed by atoms with E-state index in [2.05, 4.69) is 20.0 Å². The van der Waals surface area contributed by atoms with Gasteiger partial charge in [0.05, 0.1) is 22.8 Å². The summed E-state index contributed by atoms with van der Waals surface area (Å²) in [6.45, 7) is 2.18. The summed E-state index contributed by atoms with van der Waals surface area (Å²) in [7, 11) is 0. The van der Waals surface area contributed by atoms with Crippen LogP contribution in [0, 0.1) is 6.92 Å². The molecule has 172 valence electrons. The second-order valence-corrected chi connectivity index (χ2v) is 8.68. The summed E-state index contributed by atoms with van der Waals surface area (Å²) in [6, 6.07) is 16.5. The number of amides is 1. The standard InChI is InChI=1S/C24H17F3N4O2S/c1-14-30-21-19-12-15(22(32)29-13-16-4-2-3-11-28-16)5-10-20(19)31(23(21)34-14)17-6-8-18(9-7-17)33-24(25,26)27/h2-12H,13H2,1H3,(H,29,32). The molecule has 1 amide bonds. The van der Waals surface area contributed by atoms with Crippen LogP contribution in [0.25, 0.3) is 26.9 Å². The number of thiazole rings is 1. The summed E-state index contributed by atoms with van der Waals surface area (Å²) < 4.78 is 43.5. The maximum absolute atomic E-state index is 12.8. The predicted octanol–water partition coefficient (Wildman–Crippen LogP) is 5.77. The van der Waals surface area contributed by atoms with Gasteiger partial charge in [0.15, 0.2) is 0 Å². The van der Waals surface area contributed by atoms with Crippen LogP contribution in [0.1, 0.15) is 21.1 Å². The van der Waals surface area contributed by atoms with Gasteiger partial charge in [0.1, 0.15) is 16.1 Å². The van der Waals surface area contributed by atoms with Gasteiger partial charge in [-0.15, -0.1) is 24.5 Å². The summed E-state index contributed by atoms with van der Waals surface area (Å²) >= 11 is 1.47. The molecule has 10 heteroatoms. The van der Waals surface area contributed by atoms with Crippen LogP contribution in [-0.2, 0) is 6.54 Å². The Kier molecular flexibility index (Phi) is 5.45. The SMILES string of the molecule is Cc1nc2c3cc(C(=O)NCc4ccccn4)ccc3n(-c3ccc(OC(F)(F)F)cc3)c2s1. The van der Waals surface area contributed by atoms with Gasteiger partial charge in [-0.25, -0.2) is 4.98 Å². The van der Waals surface area contributed by atoms with Crippen LogP contribution in [0.4, 0.5) is 13.2 Å². The summed E-state index contributed by atoms with van der Waals surface area (Å²) in [5.74, 6) is -0.537. The smallest absolute Gasteiger partial charge is 0.406 e. The number of nitrogens with zero attached hydrogens (tertiary/aromatic N) is 3. The fraction of sp³-hybridized carbons (Fsp3) is 0.125. The van der Waals surface area contributed by atoms with Crippen molar-refractivity contribution in [2.24, 2.45) is 0 Å². The topological polar surface area (TPSA) is 69.0 Å². The Bertz CT molecular complexity index is 1490. The number of rotatable bonds is 5. The molecule has 0 saturated carbocycles. The number of halogens is 3. The molecule has 0 spiro atoms. The van der Waals surface area contributed by atoms with Crippen molar-refractivity contribution >= 4 is 38.5 Å². The van der Waals surface area contributed by atoms with Gasteiger partial charge in [-0.3, -0.25) is 14.3 Å². The maximum atomic E-state index is 12.8. The first-order valence-corrected chi connectivity index (χ1v) is 11.1. The van der Waals surface area contributed by atoms with Crippen molar-refractivity contribution in [3.8, 4) is 11.4 Å². The lowest BCUT2D eigenvalue weighted by atomic mass is 10.1. The molecule has 3 aromatic heterocycles. The fourth-order valence-electron chi connectivity index (χ4n) is 3.74. The highest BCUT2D eigenvalue weighted by Crippen LogP contribution is 2.36. The lowest BCUT2D eigenvalue weighted by Crippen LogP contribution is -2.23. The molecular formula is C24H17F3N4O2S. The number of pyridine rings is 1. The highest BCUT2D eigenvalue weighted by Gasteiger charge is 2.31. The maximum Gasteiger partial charge on any atom is 0.573 e. The summed E-state index contributed by atoms with van der Waals surface area (Å²) in [5.41, 5.74) is 3.40. The molecule has 5 rings (SSSR count). The van der Waals surface area contributed by atoms with Crippen molar-refractivity contribution in [3.63, 3.8) is 0 Å². The summed E-state index contributed by atoms with van der Waals surface area (Å²) in [4.78, 5) is 22.4. The monoisotopic (exact) mass is 482 g/mol. The third-order valence-electron chi connectivity index (χ3n) is 5.16. The molecule has 0 aliphatic rings. The Morgan fingerprint density at radius 1 is 1.12 bits per heavy atom. The Morgan fingerprint density at radius 2 is 1.91 bits per heavy atom. The first kappa shape index (κ1) is 21.9. The third kappa shape index (κ3) is 4.32. The van der Waals surface area contributed by atoms with Crippen LogP contribution >= 0.6 is 11.3 Å². The highest BCUT2D eigenvalue weighted by molar-refractivity contribution is 7.18. The molecule has 1 N–H and O–H groups in total. The number of hydrogen-bond acceptors (Lipinski definition) is 5. The lowest BCUT2D eigenvalue weighted by Gasteiger charge is -2.11. The fourth-order valence-corrected chi connectivity index (χ4v) is 4.71. The van der Waals surface area contributed by atoms with Crippen LogP contribution in [-0.4, -0.2) is 26.8 Å². The summed E-state index contributed by atoms with van der Waals surface area (Å²) in [6.07, 6.45) is -3.09. The second-order valence-electron chi connectivity index (χ2n) is 7.50. The molecule has 0 atom stereocenters. The average Bonchev–Trinajstić information content (AvgIpc) is 3.32. The van der Waals surface area contributed by atoms with E-state index in [1.165, 1.54) is 23.5 Å². The Labute approximate surface area is 195 Å². The molecule has 5 aromatic rings. The number of carbonyl (C=O) groups excluding carboxylic acids is 1. The normalized spacial score (nSPS) is 11.8. The van der Waals surface area contributed by atoms with Gasteiger partial charge in [-0.05, 0) is 61.5 Å². The number of carbonyl (C=O) groups is 1. The second kappa shape index (κ2) is 8.45. The molecule has 0 bridgehead atoms. The largest absolute Gasteiger partial charge is 0.573 e. The number of hydrogen-bond donors (Lipinski definition) is 1. The van der Waals surface area contributed by atoms with Crippen LogP contribution < -0.4 is 10.1 Å². The molecule has 6 nitrogen and oxygen atoms in total. The molecular weight excluding hydrogens is 465 g/mol. The van der Waals surface area contributed by atoms with Crippen molar-refractivity contribution in [2.75, 3.05) is 0 Å².